The van der Waals surface area contributed by atoms with Gasteiger partial charge in [0.05, 0.1) is 0 Å². The van der Waals surface area contributed by atoms with Crippen LogP contribution < -0.4 is 16.0 Å². The molecule has 4 rings (SSSR count). The molecule has 3 N–H and O–H groups in total. The summed E-state index contributed by atoms with van der Waals surface area (Å²) < 4.78 is 5.64. The summed E-state index contributed by atoms with van der Waals surface area (Å²) >= 11 is 0. The molecule has 0 bridgehead atoms. The summed E-state index contributed by atoms with van der Waals surface area (Å²) in [4.78, 5) is 23.8. The highest BCUT2D eigenvalue weighted by atomic mass is 16.3. The molecule has 3 amide bonds. The van der Waals surface area contributed by atoms with E-state index in [-0.39, 0.29) is 11.9 Å². The van der Waals surface area contributed by atoms with Gasteiger partial charge >= 0.3 is 6.03 Å². The van der Waals surface area contributed by atoms with Crippen molar-refractivity contribution in [3.8, 4) is 0 Å². The van der Waals surface area contributed by atoms with E-state index < -0.39 is 0 Å². The molecule has 1 aliphatic rings. The van der Waals surface area contributed by atoms with Crippen molar-refractivity contribution >= 4 is 40.4 Å². The van der Waals surface area contributed by atoms with Crippen molar-refractivity contribution in [3.63, 3.8) is 0 Å². The first kappa shape index (κ1) is 16.9. The second-order valence-electron chi connectivity index (χ2n) is 6.46. The van der Waals surface area contributed by atoms with Crippen LogP contribution in [0.4, 0.5) is 16.2 Å². The second kappa shape index (κ2) is 7.37. The monoisotopic (exact) mass is 361 g/mol. The Morgan fingerprint density at radius 2 is 1.67 bits per heavy atom. The Morgan fingerprint density at radius 1 is 0.963 bits per heavy atom. The number of urea groups is 1. The first-order valence-corrected chi connectivity index (χ1v) is 8.81. The van der Waals surface area contributed by atoms with Gasteiger partial charge in [-0.25, -0.2) is 4.79 Å². The van der Waals surface area contributed by atoms with Crippen LogP contribution in [0.3, 0.4) is 0 Å². The Bertz CT molecular complexity index is 968. The summed E-state index contributed by atoms with van der Waals surface area (Å²) in [6.45, 7) is 0. The van der Waals surface area contributed by atoms with E-state index in [1.165, 1.54) is 6.08 Å². The molecule has 136 valence electrons. The lowest BCUT2D eigenvalue weighted by Crippen LogP contribution is -2.30. The van der Waals surface area contributed by atoms with E-state index in [1.54, 1.807) is 30.3 Å². The van der Waals surface area contributed by atoms with Gasteiger partial charge in [-0.3, -0.25) is 4.79 Å². The van der Waals surface area contributed by atoms with Crippen LogP contribution in [0.2, 0.25) is 0 Å². The number of amides is 3. The van der Waals surface area contributed by atoms with E-state index in [1.807, 2.05) is 30.3 Å². The Morgan fingerprint density at radius 3 is 2.37 bits per heavy atom. The lowest BCUT2D eigenvalue weighted by molar-refractivity contribution is -0.111. The molecule has 1 aliphatic carbocycles. The predicted molar refractivity (Wildman–Crippen MR) is 105 cm³/mol. The van der Waals surface area contributed by atoms with Crippen molar-refractivity contribution in [3.05, 3.63) is 66.4 Å². The maximum atomic E-state index is 12.1. The molecule has 6 heteroatoms. The topological polar surface area (TPSA) is 83.4 Å². The summed E-state index contributed by atoms with van der Waals surface area (Å²) in [7, 11) is 0. The van der Waals surface area contributed by atoms with Crippen LogP contribution in [-0.4, -0.2) is 18.0 Å². The molecule has 0 aliphatic heterocycles. The Kier molecular flexibility index (Phi) is 4.61. The summed E-state index contributed by atoms with van der Waals surface area (Å²) in [6, 6.07) is 16.6. The highest BCUT2D eigenvalue weighted by Gasteiger charge is 2.23. The molecule has 2 aromatic carbocycles. The summed E-state index contributed by atoms with van der Waals surface area (Å²) in [5.41, 5.74) is 2.10. The predicted octanol–water partition coefficient (Wildman–Crippen LogP) is 4.37. The molecule has 0 radical (unpaired) electrons. The number of furan rings is 1. The molecule has 1 saturated carbocycles. The van der Waals surface area contributed by atoms with E-state index in [9.17, 15) is 9.59 Å². The van der Waals surface area contributed by atoms with Crippen molar-refractivity contribution in [2.75, 3.05) is 10.6 Å². The standard InChI is InChI=1S/C21H19N3O3/c25-20(12-11-18-13-14-3-1-2-4-19(14)27-18)22-15-5-7-16(8-6-15)23-21(26)24-17-9-10-17/h1-8,11-13,17H,9-10H2,(H,22,25)(H2,23,24,26)/b12-11+. The van der Waals surface area contributed by atoms with Crippen LogP contribution in [0.1, 0.15) is 18.6 Å². The van der Waals surface area contributed by atoms with Crippen LogP contribution in [0, 0.1) is 0 Å². The van der Waals surface area contributed by atoms with Crippen LogP contribution >= 0.6 is 0 Å². The highest BCUT2D eigenvalue weighted by Crippen LogP contribution is 2.20. The molecule has 3 aromatic rings. The van der Waals surface area contributed by atoms with Crippen LogP contribution in [0.5, 0.6) is 0 Å². The summed E-state index contributed by atoms with van der Waals surface area (Å²) in [6.07, 6.45) is 5.14. The molecule has 0 atom stereocenters. The number of carbonyl (C=O) groups excluding carboxylic acids is 2. The van der Waals surface area contributed by atoms with Crippen LogP contribution in [-0.2, 0) is 4.79 Å². The van der Waals surface area contributed by atoms with Gasteiger partial charge in [0.15, 0.2) is 0 Å². The van der Waals surface area contributed by atoms with Crippen molar-refractivity contribution in [1.29, 1.82) is 0 Å². The number of fused-ring (bicyclic) bond motifs is 1. The average molecular weight is 361 g/mol. The number of hydrogen-bond donors (Lipinski definition) is 3. The van der Waals surface area contributed by atoms with Gasteiger partial charge in [-0.2, -0.15) is 0 Å². The van der Waals surface area contributed by atoms with E-state index in [4.69, 9.17) is 4.42 Å². The smallest absolute Gasteiger partial charge is 0.319 e. The van der Waals surface area contributed by atoms with E-state index in [2.05, 4.69) is 16.0 Å². The normalized spacial score (nSPS) is 13.6. The number of nitrogens with one attached hydrogen (secondary N) is 3. The number of hydrogen-bond acceptors (Lipinski definition) is 3. The molecule has 27 heavy (non-hydrogen) atoms. The van der Waals surface area contributed by atoms with Gasteiger partial charge in [0.1, 0.15) is 11.3 Å². The number of carbonyl (C=O) groups is 2. The van der Waals surface area contributed by atoms with Crippen molar-refractivity contribution in [2.45, 2.75) is 18.9 Å². The third-order valence-corrected chi connectivity index (χ3v) is 4.17. The maximum Gasteiger partial charge on any atom is 0.319 e. The lowest BCUT2D eigenvalue weighted by Gasteiger charge is -2.07. The van der Waals surface area contributed by atoms with Gasteiger partial charge in [0, 0.05) is 28.9 Å². The Labute approximate surface area is 156 Å². The number of anilines is 2. The molecular weight excluding hydrogens is 342 g/mol. The first-order chi connectivity index (χ1) is 13.2. The largest absolute Gasteiger partial charge is 0.457 e. The molecular formula is C21H19N3O3. The fourth-order valence-electron chi connectivity index (χ4n) is 2.64. The quantitative estimate of drug-likeness (QED) is 0.590. The second-order valence-corrected chi connectivity index (χ2v) is 6.46. The lowest BCUT2D eigenvalue weighted by atomic mass is 10.2. The minimum Gasteiger partial charge on any atom is -0.457 e. The fourth-order valence-corrected chi connectivity index (χ4v) is 2.64. The molecule has 1 heterocycles. The van der Waals surface area contributed by atoms with Gasteiger partial charge in [-0.15, -0.1) is 0 Å². The zero-order chi connectivity index (χ0) is 18.6. The minimum absolute atomic E-state index is 0.206. The van der Waals surface area contributed by atoms with Crippen LogP contribution in [0.15, 0.2) is 65.1 Å². The Hall–Kier alpha value is -3.54. The van der Waals surface area contributed by atoms with E-state index in [0.29, 0.717) is 23.2 Å². The van der Waals surface area contributed by atoms with Crippen LogP contribution in [0.25, 0.3) is 17.0 Å². The number of benzene rings is 2. The van der Waals surface area contributed by atoms with E-state index in [0.717, 1.165) is 23.8 Å². The summed E-state index contributed by atoms with van der Waals surface area (Å²) in [5.74, 6) is 0.357. The zero-order valence-electron chi connectivity index (χ0n) is 14.6. The molecule has 0 saturated heterocycles. The van der Waals surface area contributed by atoms with Crippen molar-refractivity contribution in [2.24, 2.45) is 0 Å². The highest BCUT2D eigenvalue weighted by molar-refractivity contribution is 6.02. The van der Waals surface area contributed by atoms with Crippen molar-refractivity contribution in [1.82, 2.24) is 5.32 Å². The zero-order valence-corrected chi connectivity index (χ0v) is 14.6. The van der Waals surface area contributed by atoms with Gasteiger partial charge in [-0.1, -0.05) is 18.2 Å². The molecule has 0 unspecified atom stereocenters. The fraction of sp³-hybridized carbons (Fsp3) is 0.143. The van der Waals surface area contributed by atoms with Gasteiger partial charge < -0.3 is 20.4 Å². The first-order valence-electron chi connectivity index (χ1n) is 8.81. The molecule has 1 aromatic heterocycles. The SMILES string of the molecule is O=C(/C=C/c1cc2ccccc2o1)Nc1ccc(NC(=O)NC2CC2)cc1. The number of rotatable bonds is 5. The van der Waals surface area contributed by atoms with Gasteiger partial charge in [0.2, 0.25) is 5.91 Å². The maximum absolute atomic E-state index is 12.1. The molecule has 6 nitrogen and oxygen atoms in total. The van der Waals surface area contributed by atoms with Gasteiger partial charge in [-0.05, 0) is 55.3 Å². The van der Waals surface area contributed by atoms with Gasteiger partial charge in [0.25, 0.3) is 0 Å². The minimum atomic E-state index is -0.261. The van der Waals surface area contributed by atoms with E-state index >= 15 is 0 Å². The van der Waals surface area contributed by atoms with Crippen molar-refractivity contribution < 1.29 is 14.0 Å². The molecule has 0 spiro atoms. The number of para-hydroxylation sites is 1. The third kappa shape index (κ3) is 4.55. The average Bonchev–Trinajstić information content (AvgIpc) is 3.36. The summed E-state index contributed by atoms with van der Waals surface area (Å²) in [5, 5.41) is 9.38. The third-order valence-electron chi connectivity index (χ3n) is 4.17. The Balaban J connectivity index is 1.32. The molecule has 1 fully saturated rings.